The number of hydrogen-bond acceptors (Lipinski definition) is 3. The van der Waals surface area contributed by atoms with Crippen LogP contribution in [0.15, 0.2) is 34.9 Å². The van der Waals surface area contributed by atoms with Crippen LogP contribution in [0.25, 0.3) is 0 Å². The molecular weight excluding hydrogens is 252 g/mol. The van der Waals surface area contributed by atoms with Gasteiger partial charge >= 0.3 is 0 Å². The molecule has 1 unspecified atom stereocenters. The molecule has 2 rings (SSSR count). The van der Waals surface area contributed by atoms with E-state index in [0.29, 0.717) is 5.88 Å². The van der Waals surface area contributed by atoms with E-state index in [2.05, 4.69) is 10.5 Å². The summed E-state index contributed by atoms with van der Waals surface area (Å²) in [5.74, 6) is 0.229. The molecule has 0 radical (unpaired) electrons. The number of nitrogens with one attached hydrogen (secondary N) is 1. The normalized spacial score (nSPS) is 12.2. The van der Waals surface area contributed by atoms with E-state index in [1.54, 1.807) is 0 Å². The van der Waals surface area contributed by atoms with Gasteiger partial charge in [0, 0.05) is 5.56 Å². The van der Waals surface area contributed by atoms with Gasteiger partial charge in [0.1, 0.15) is 0 Å². The van der Waals surface area contributed by atoms with Crippen LogP contribution < -0.4 is 5.32 Å². The van der Waals surface area contributed by atoms with Crippen LogP contribution in [-0.4, -0.2) is 11.1 Å². The van der Waals surface area contributed by atoms with E-state index in [1.807, 2.05) is 51.1 Å². The molecule has 0 aliphatic heterocycles. The number of hydrogen-bond donors (Lipinski definition) is 1. The lowest BCUT2D eigenvalue weighted by molar-refractivity contribution is -0.117. The lowest BCUT2D eigenvalue weighted by atomic mass is 9.95. The molecule has 0 saturated heterocycles. The number of aromatic nitrogens is 1. The van der Waals surface area contributed by atoms with Gasteiger partial charge in [-0.05, 0) is 25.3 Å². The maximum absolute atomic E-state index is 12.4. The maximum atomic E-state index is 12.4. The second-order valence-corrected chi connectivity index (χ2v) is 4.80. The number of carbonyl (C=O) groups is 1. The molecule has 0 aliphatic rings. The minimum Gasteiger partial charge on any atom is -0.338 e. The van der Waals surface area contributed by atoms with Gasteiger partial charge < -0.3 is 4.52 Å². The summed E-state index contributed by atoms with van der Waals surface area (Å²) in [6, 6.07) is 9.78. The summed E-state index contributed by atoms with van der Waals surface area (Å²) in [5, 5.41) is 6.80. The lowest BCUT2D eigenvalue weighted by Crippen LogP contribution is -2.20. The average Bonchev–Trinajstić information content (AvgIpc) is 2.81. The summed E-state index contributed by atoms with van der Waals surface area (Å²) in [6.45, 7) is 5.92. The summed E-state index contributed by atoms with van der Waals surface area (Å²) >= 11 is 0. The number of anilines is 1. The second-order valence-electron chi connectivity index (χ2n) is 4.80. The van der Waals surface area contributed by atoms with Gasteiger partial charge in [-0.1, -0.05) is 49.3 Å². The zero-order valence-electron chi connectivity index (χ0n) is 12.1. The van der Waals surface area contributed by atoms with E-state index in [4.69, 9.17) is 4.52 Å². The molecule has 20 heavy (non-hydrogen) atoms. The molecule has 1 amide bonds. The summed E-state index contributed by atoms with van der Waals surface area (Å²) in [7, 11) is 0. The van der Waals surface area contributed by atoms with Crippen LogP contribution in [0.4, 0.5) is 5.88 Å². The topological polar surface area (TPSA) is 55.1 Å². The molecule has 0 aliphatic carbocycles. The molecule has 0 saturated carbocycles. The third-order valence-corrected chi connectivity index (χ3v) is 3.52. The predicted molar refractivity (Wildman–Crippen MR) is 78.7 cm³/mol. The van der Waals surface area contributed by atoms with Crippen LogP contribution in [0.2, 0.25) is 0 Å². The van der Waals surface area contributed by atoms with Crippen LogP contribution in [0, 0.1) is 6.92 Å². The Hall–Kier alpha value is -2.10. The monoisotopic (exact) mass is 272 g/mol. The standard InChI is InChI=1S/C16H20N2O2/c1-4-13(12-9-7-6-8-10-12)15(19)17-16-11(3)14(5-2)18-20-16/h6-10,13H,4-5H2,1-3H3,(H,17,19). The number of benzene rings is 1. The molecule has 1 aromatic carbocycles. The highest BCUT2D eigenvalue weighted by atomic mass is 16.5. The molecule has 4 heteroatoms. The van der Waals surface area contributed by atoms with Gasteiger partial charge in [0.15, 0.2) is 0 Å². The maximum Gasteiger partial charge on any atom is 0.234 e. The highest BCUT2D eigenvalue weighted by Gasteiger charge is 2.21. The lowest BCUT2D eigenvalue weighted by Gasteiger charge is -2.14. The Kier molecular flexibility index (Phi) is 4.56. The van der Waals surface area contributed by atoms with Crippen molar-refractivity contribution in [3.8, 4) is 0 Å². The quantitative estimate of drug-likeness (QED) is 0.903. The van der Waals surface area contributed by atoms with Crippen LogP contribution in [0.3, 0.4) is 0 Å². The van der Waals surface area contributed by atoms with Crippen LogP contribution >= 0.6 is 0 Å². The Balaban J connectivity index is 2.16. The fraction of sp³-hybridized carbons (Fsp3) is 0.375. The van der Waals surface area contributed by atoms with Gasteiger partial charge in [-0.25, -0.2) is 0 Å². The minimum absolute atomic E-state index is 0.0550. The molecule has 2 aromatic rings. The second kappa shape index (κ2) is 6.37. The van der Waals surface area contributed by atoms with Crippen LogP contribution in [0.5, 0.6) is 0 Å². The number of nitrogens with zero attached hydrogens (tertiary/aromatic N) is 1. The summed E-state index contributed by atoms with van der Waals surface area (Å²) < 4.78 is 5.21. The summed E-state index contributed by atoms with van der Waals surface area (Å²) in [5.41, 5.74) is 2.80. The van der Waals surface area contributed by atoms with Crippen molar-refractivity contribution < 1.29 is 9.32 Å². The first-order valence-corrected chi connectivity index (χ1v) is 6.98. The molecule has 106 valence electrons. The van der Waals surface area contributed by atoms with E-state index in [1.165, 1.54) is 0 Å². The van der Waals surface area contributed by atoms with Gasteiger partial charge in [0.25, 0.3) is 0 Å². The van der Waals surface area contributed by atoms with Crippen molar-refractivity contribution in [2.24, 2.45) is 0 Å². The molecule has 1 atom stereocenters. The highest BCUT2D eigenvalue weighted by Crippen LogP contribution is 2.24. The summed E-state index contributed by atoms with van der Waals surface area (Å²) in [6.07, 6.45) is 1.53. The summed E-state index contributed by atoms with van der Waals surface area (Å²) in [4.78, 5) is 12.4. The van der Waals surface area contributed by atoms with Crippen LogP contribution in [0.1, 0.15) is 43.0 Å². The average molecular weight is 272 g/mol. The van der Waals surface area contributed by atoms with Crippen molar-refractivity contribution in [2.75, 3.05) is 5.32 Å². The van der Waals surface area contributed by atoms with Gasteiger partial charge in [0.05, 0.1) is 11.6 Å². The molecular formula is C16H20N2O2. The molecule has 0 bridgehead atoms. The predicted octanol–water partition coefficient (Wildman–Crippen LogP) is 3.68. The first kappa shape index (κ1) is 14.3. The number of carbonyl (C=O) groups excluding carboxylic acids is 1. The van der Waals surface area contributed by atoms with Gasteiger partial charge in [0.2, 0.25) is 11.8 Å². The van der Waals surface area contributed by atoms with E-state index < -0.39 is 0 Å². The van der Waals surface area contributed by atoms with Crippen molar-refractivity contribution in [1.82, 2.24) is 5.16 Å². The van der Waals surface area contributed by atoms with E-state index >= 15 is 0 Å². The van der Waals surface area contributed by atoms with E-state index in [0.717, 1.165) is 29.7 Å². The molecule has 1 aromatic heterocycles. The smallest absolute Gasteiger partial charge is 0.234 e. The molecule has 1 N–H and O–H groups in total. The first-order valence-electron chi connectivity index (χ1n) is 6.98. The Morgan fingerprint density at radius 2 is 2.00 bits per heavy atom. The highest BCUT2D eigenvalue weighted by molar-refractivity contribution is 5.95. The Morgan fingerprint density at radius 1 is 1.30 bits per heavy atom. The molecule has 0 spiro atoms. The van der Waals surface area contributed by atoms with Crippen molar-refractivity contribution in [2.45, 2.75) is 39.5 Å². The van der Waals surface area contributed by atoms with Crippen molar-refractivity contribution in [1.29, 1.82) is 0 Å². The zero-order chi connectivity index (χ0) is 14.5. The van der Waals surface area contributed by atoms with Gasteiger partial charge in [-0.3, -0.25) is 10.1 Å². The number of aryl methyl sites for hydroxylation is 1. The Bertz CT molecular complexity index is 575. The van der Waals surface area contributed by atoms with Crippen molar-refractivity contribution in [3.63, 3.8) is 0 Å². The first-order chi connectivity index (χ1) is 9.67. The van der Waals surface area contributed by atoms with Gasteiger partial charge in [-0.2, -0.15) is 0 Å². The molecule has 0 fully saturated rings. The third-order valence-electron chi connectivity index (χ3n) is 3.52. The fourth-order valence-corrected chi connectivity index (χ4v) is 2.27. The third kappa shape index (κ3) is 2.90. The minimum atomic E-state index is -0.175. The Morgan fingerprint density at radius 3 is 2.55 bits per heavy atom. The molecule has 1 heterocycles. The van der Waals surface area contributed by atoms with Crippen LogP contribution in [-0.2, 0) is 11.2 Å². The number of amides is 1. The number of rotatable bonds is 5. The zero-order valence-corrected chi connectivity index (χ0v) is 12.1. The van der Waals surface area contributed by atoms with Gasteiger partial charge in [-0.15, -0.1) is 0 Å². The van der Waals surface area contributed by atoms with E-state index in [9.17, 15) is 4.79 Å². The van der Waals surface area contributed by atoms with Crippen molar-refractivity contribution in [3.05, 3.63) is 47.2 Å². The van der Waals surface area contributed by atoms with Crippen molar-refractivity contribution >= 4 is 11.8 Å². The SMILES string of the molecule is CCc1noc(NC(=O)C(CC)c2ccccc2)c1C. The fourth-order valence-electron chi connectivity index (χ4n) is 2.27. The Labute approximate surface area is 119 Å². The van der Waals surface area contributed by atoms with E-state index in [-0.39, 0.29) is 11.8 Å². The largest absolute Gasteiger partial charge is 0.338 e. The molecule has 4 nitrogen and oxygen atoms in total.